The number of esters is 1. The molecule has 0 radical (unpaired) electrons. The van der Waals surface area contributed by atoms with E-state index in [0.717, 1.165) is 0 Å². The molecule has 1 N–H and O–H groups in total. The topological polar surface area (TPSA) is 90.9 Å². The number of hydrogen-bond donors (Lipinski definition) is 1. The number of methoxy groups -OCH3 is 1. The van der Waals surface area contributed by atoms with Crippen LogP contribution in [0.4, 0.5) is 0 Å². The van der Waals surface area contributed by atoms with Gasteiger partial charge in [-0.1, -0.05) is 24.3 Å². The maximum absolute atomic E-state index is 11.9. The second kappa shape index (κ2) is 10.7. The zero-order chi connectivity index (χ0) is 21.2. The van der Waals surface area contributed by atoms with Gasteiger partial charge in [0.15, 0.2) is 18.1 Å². The fraction of sp³-hybridized carbons (Fsp3) is 0.227. The number of carbonyl (C=O) groups is 3. The minimum Gasteiger partial charge on any atom is -0.493 e. The van der Waals surface area contributed by atoms with Crippen LogP contribution in [0.5, 0.6) is 11.5 Å². The molecule has 0 unspecified atom stereocenters. The first-order chi connectivity index (χ1) is 13.9. The predicted molar refractivity (Wildman–Crippen MR) is 108 cm³/mol. The summed E-state index contributed by atoms with van der Waals surface area (Å²) >= 11 is 0. The highest BCUT2D eigenvalue weighted by atomic mass is 16.5. The Morgan fingerprint density at radius 1 is 1.03 bits per heavy atom. The molecule has 0 aliphatic carbocycles. The van der Waals surface area contributed by atoms with E-state index in [0.29, 0.717) is 22.6 Å². The van der Waals surface area contributed by atoms with Crippen LogP contribution in [0.2, 0.25) is 0 Å². The molecule has 2 aromatic rings. The average Bonchev–Trinajstić information content (AvgIpc) is 2.71. The van der Waals surface area contributed by atoms with Crippen molar-refractivity contribution in [1.82, 2.24) is 5.32 Å². The molecule has 0 aromatic heterocycles. The van der Waals surface area contributed by atoms with Crippen molar-refractivity contribution in [3.63, 3.8) is 0 Å². The SMILES string of the molecule is COc1cc(/C=C/C(=O)OCC(=O)NC(=O)c2ccccc2)ccc1OC(C)C. The number of ether oxygens (including phenoxy) is 3. The van der Waals surface area contributed by atoms with E-state index in [1.807, 2.05) is 13.8 Å². The molecule has 0 saturated heterocycles. The Kier molecular flexibility index (Phi) is 7.97. The van der Waals surface area contributed by atoms with E-state index in [9.17, 15) is 14.4 Å². The summed E-state index contributed by atoms with van der Waals surface area (Å²) in [5.41, 5.74) is 1.03. The summed E-state index contributed by atoms with van der Waals surface area (Å²) in [5.74, 6) is -0.848. The van der Waals surface area contributed by atoms with Crippen molar-refractivity contribution in [3.05, 3.63) is 65.7 Å². The van der Waals surface area contributed by atoms with Crippen LogP contribution in [0.1, 0.15) is 29.8 Å². The quantitative estimate of drug-likeness (QED) is 0.544. The van der Waals surface area contributed by atoms with E-state index >= 15 is 0 Å². The van der Waals surface area contributed by atoms with Gasteiger partial charge < -0.3 is 14.2 Å². The first-order valence-corrected chi connectivity index (χ1v) is 8.98. The van der Waals surface area contributed by atoms with Crippen molar-refractivity contribution in [2.75, 3.05) is 13.7 Å². The Morgan fingerprint density at radius 2 is 1.76 bits per heavy atom. The monoisotopic (exact) mass is 397 g/mol. The maximum atomic E-state index is 11.9. The van der Waals surface area contributed by atoms with Gasteiger partial charge >= 0.3 is 5.97 Å². The number of carbonyl (C=O) groups excluding carboxylic acids is 3. The van der Waals surface area contributed by atoms with E-state index in [4.69, 9.17) is 14.2 Å². The first-order valence-electron chi connectivity index (χ1n) is 8.98. The minimum absolute atomic E-state index is 0.000175. The first kappa shape index (κ1) is 21.7. The van der Waals surface area contributed by atoms with Crippen molar-refractivity contribution < 1.29 is 28.6 Å². The second-order valence-electron chi connectivity index (χ2n) is 6.26. The van der Waals surface area contributed by atoms with Crippen LogP contribution in [0.25, 0.3) is 6.08 Å². The highest BCUT2D eigenvalue weighted by Gasteiger charge is 2.11. The summed E-state index contributed by atoms with van der Waals surface area (Å²) < 4.78 is 15.8. The molecular formula is C22H23NO6. The van der Waals surface area contributed by atoms with Crippen LogP contribution < -0.4 is 14.8 Å². The fourth-order valence-corrected chi connectivity index (χ4v) is 2.31. The Bertz CT molecular complexity index is 889. The lowest BCUT2D eigenvalue weighted by Gasteiger charge is -2.13. The van der Waals surface area contributed by atoms with Gasteiger partial charge in [-0.25, -0.2) is 4.79 Å². The van der Waals surface area contributed by atoms with Gasteiger partial charge in [-0.2, -0.15) is 0 Å². The van der Waals surface area contributed by atoms with E-state index in [-0.39, 0.29) is 6.10 Å². The molecule has 2 amide bonds. The van der Waals surface area contributed by atoms with Crippen LogP contribution in [0, 0.1) is 0 Å². The molecule has 0 spiro atoms. The van der Waals surface area contributed by atoms with Gasteiger partial charge in [0.1, 0.15) is 0 Å². The number of hydrogen-bond acceptors (Lipinski definition) is 6. The van der Waals surface area contributed by atoms with Crippen LogP contribution in [-0.4, -0.2) is 37.6 Å². The Hall–Kier alpha value is -3.61. The molecule has 0 heterocycles. The predicted octanol–water partition coefficient (Wildman–Crippen LogP) is 3.00. The fourth-order valence-electron chi connectivity index (χ4n) is 2.31. The van der Waals surface area contributed by atoms with E-state index in [2.05, 4.69) is 5.32 Å². The molecule has 152 valence electrons. The van der Waals surface area contributed by atoms with E-state index in [1.165, 1.54) is 19.3 Å². The van der Waals surface area contributed by atoms with Crippen LogP contribution in [0.15, 0.2) is 54.6 Å². The zero-order valence-corrected chi connectivity index (χ0v) is 16.5. The van der Waals surface area contributed by atoms with Gasteiger partial charge in [-0.15, -0.1) is 0 Å². The molecule has 2 rings (SSSR count). The number of nitrogens with one attached hydrogen (secondary N) is 1. The Labute approximate surface area is 169 Å². The lowest BCUT2D eigenvalue weighted by Crippen LogP contribution is -2.33. The van der Waals surface area contributed by atoms with Crippen molar-refractivity contribution in [3.8, 4) is 11.5 Å². The number of amides is 2. The number of benzene rings is 2. The standard InChI is InChI=1S/C22H23NO6/c1-15(2)29-18-11-9-16(13-19(18)27-3)10-12-21(25)28-14-20(24)23-22(26)17-7-5-4-6-8-17/h4-13,15H,14H2,1-3H3,(H,23,24,26)/b12-10+. The van der Waals surface area contributed by atoms with Gasteiger partial charge in [0.25, 0.3) is 11.8 Å². The van der Waals surface area contributed by atoms with Crippen molar-refractivity contribution in [2.24, 2.45) is 0 Å². The number of rotatable bonds is 8. The molecule has 0 aliphatic rings. The van der Waals surface area contributed by atoms with Crippen molar-refractivity contribution in [2.45, 2.75) is 20.0 Å². The van der Waals surface area contributed by atoms with E-state index < -0.39 is 24.4 Å². The lowest BCUT2D eigenvalue weighted by atomic mass is 10.2. The average molecular weight is 397 g/mol. The summed E-state index contributed by atoms with van der Waals surface area (Å²) in [6.45, 7) is 3.26. The Balaban J connectivity index is 1.86. The molecule has 0 bridgehead atoms. The largest absolute Gasteiger partial charge is 0.493 e. The van der Waals surface area contributed by atoms with Gasteiger partial charge in [0.2, 0.25) is 0 Å². The van der Waals surface area contributed by atoms with E-state index in [1.54, 1.807) is 48.5 Å². The zero-order valence-electron chi connectivity index (χ0n) is 16.5. The Morgan fingerprint density at radius 3 is 2.41 bits per heavy atom. The molecule has 29 heavy (non-hydrogen) atoms. The molecule has 0 fully saturated rings. The third-order valence-electron chi connectivity index (χ3n) is 3.60. The van der Waals surface area contributed by atoms with Crippen LogP contribution >= 0.6 is 0 Å². The highest BCUT2D eigenvalue weighted by Crippen LogP contribution is 2.29. The summed E-state index contributed by atoms with van der Waals surface area (Å²) in [6.07, 6.45) is 2.71. The molecule has 7 heteroatoms. The van der Waals surface area contributed by atoms with Crippen molar-refractivity contribution in [1.29, 1.82) is 0 Å². The molecule has 0 saturated carbocycles. The van der Waals surface area contributed by atoms with Gasteiger partial charge in [0.05, 0.1) is 13.2 Å². The van der Waals surface area contributed by atoms with Crippen LogP contribution in [0.3, 0.4) is 0 Å². The molecule has 2 aromatic carbocycles. The van der Waals surface area contributed by atoms with Gasteiger partial charge in [-0.3, -0.25) is 14.9 Å². The molecule has 0 atom stereocenters. The summed E-state index contributed by atoms with van der Waals surface area (Å²) in [6, 6.07) is 13.5. The third-order valence-corrected chi connectivity index (χ3v) is 3.60. The van der Waals surface area contributed by atoms with Gasteiger partial charge in [-0.05, 0) is 49.8 Å². The van der Waals surface area contributed by atoms with Gasteiger partial charge in [0, 0.05) is 11.6 Å². The number of imide groups is 1. The normalized spacial score (nSPS) is 10.6. The highest BCUT2D eigenvalue weighted by molar-refractivity contribution is 6.05. The third kappa shape index (κ3) is 7.14. The summed E-state index contributed by atoms with van der Waals surface area (Å²) in [4.78, 5) is 35.4. The smallest absolute Gasteiger partial charge is 0.331 e. The van der Waals surface area contributed by atoms with Crippen molar-refractivity contribution >= 4 is 23.9 Å². The molecule has 7 nitrogen and oxygen atoms in total. The maximum Gasteiger partial charge on any atom is 0.331 e. The minimum atomic E-state index is -0.714. The molecule has 0 aliphatic heterocycles. The second-order valence-corrected chi connectivity index (χ2v) is 6.26. The summed E-state index contributed by atoms with van der Waals surface area (Å²) in [7, 11) is 1.53. The molecular weight excluding hydrogens is 374 g/mol. The summed E-state index contributed by atoms with van der Waals surface area (Å²) in [5, 5.41) is 2.15. The lowest BCUT2D eigenvalue weighted by molar-refractivity contribution is -0.143. The van der Waals surface area contributed by atoms with Crippen LogP contribution in [-0.2, 0) is 14.3 Å².